The molecule has 21 heavy (non-hydrogen) atoms. The van der Waals surface area contributed by atoms with Gasteiger partial charge in [-0.25, -0.2) is 0 Å². The summed E-state index contributed by atoms with van der Waals surface area (Å²) in [5.41, 5.74) is 6.41. The molecular formula is C13H17F3N2O3. The van der Waals surface area contributed by atoms with Gasteiger partial charge in [0.2, 0.25) is 5.91 Å². The van der Waals surface area contributed by atoms with Crippen molar-refractivity contribution in [1.29, 1.82) is 0 Å². The summed E-state index contributed by atoms with van der Waals surface area (Å²) < 4.78 is 45.6. The van der Waals surface area contributed by atoms with Crippen molar-refractivity contribution in [2.75, 3.05) is 31.4 Å². The maximum absolute atomic E-state index is 11.9. The summed E-state index contributed by atoms with van der Waals surface area (Å²) in [6.45, 7) is -0.475. The lowest BCUT2D eigenvalue weighted by molar-refractivity contribution is -0.138. The van der Waals surface area contributed by atoms with E-state index in [1.165, 1.54) is 13.2 Å². The molecule has 0 aliphatic rings. The van der Waals surface area contributed by atoms with E-state index >= 15 is 0 Å². The fourth-order valence-electron chi connectivity index (χ4n) is 1.55. The summed E-state index contributed by atoms with van der Waals surface area (Å²) in [5.74, 6) is -0.0690. The molecule has 0 bridgehead atoms. The van der Waals surface area contributed by atoms with Gasteiger partial charge in [0.15, 0.2) is 0 Å². The zero-order valence-corrected chi connectivity index (χ0v) is 11.5. The molecule has 0 spiro atoms. The Morgan fingerprint density at radius 2 is 2.10 bits per heavy atom. The van der Waals surface area contributed by atoms with Crippen LogP contribution in [0, 0.1) is 0 Å². The van der Waals surface area contributed by atoms with Crippen LogP contribution in [0.25, 0.3) is 0 Å². The van der Waals surface area contributed by atoms with E-state index in [9.17, 15) is 18.0 Å². The fourth-order valence-corrected chi connectivity index (χ4v) is 1.55. The number of rotatable bonds is 7. The third-order valence-electron chi connectivity index (χ3n) is 2.48. The molecule has 5 nitrogen and oxygen atoms in total. The average Bonchev–Trinajstić information content (AvgIpc) is 2.37. The van der Waals surface area contributed by atoms with Crippen LogP contribution >= 0.6 is 0 Å². The number of ether oxygens (including phenoxy) is 2. The highest BCUT2D eigenvalue weighted by Crippen LogP contribution is 2.26. The number of nitrogens with one attached hydrogen (secondary N) is 1. The van der Waals surface area contributed by atoms with Crippen molar-refractivity contribution in [3.8, 4) is 5.75 Å². The van der Waals surface area contributed by atoms with Crippen molar-refractivity contribution in [3.63, 3.8) is 0 Å². The predicted octanol–water partition coefficient (Wildman–Crippen LogP) is 2.58. The molecule has 1 aromatic carbocycles. The highest BCUT2D eigenvalue weighted by Gasteiger charge is 2.25. The first-order valence-corrected chi connectivity index (χ1v) is 6.19. The Hall–Kier alpha value is -1.96. The molecular weight excluding hydrogens is 289 g/mol. The van der Waals surface area contributed by atoms with Gasteiger partial charge in [0.25, 0.3) is 0 Å². The number of hydrogen-bond acceptors (Lipinski definition) is 4. The zero-order valence-electron chi connectivity index (χ0n) is 11.5. The van der Waals surface area contributed by atoms with E-state index in [1.807, 2.05) is 0 Å². The van der Waals surface area contributed by atoms with Gasteiger partial charge in [-0.2, -0.15) is 13.2 Å². The number of benzene rings is 1. The third kappa shape index (κ3) is 6.84. The average molecular weight is 306 g/mol. The first-order valence-electron chi connectivity index (χ1n) is 6.19. The Balaban J connectivity index is 2.36. The van der Waals surface area contributed by atoms with Crippen LogP contribution in [0.2, 0.25) is 0 Å². The van der Waals surface area contributed by atoms with Gasteiger partial charge in [-0.15, -0.1) is 0 Å². The summed E-state index contributed by atoms with van der Waals surface area (Å²) in [6, 6.07) is 4.72. The fraction of sp³-hybridized carbons (Fsp3) is 0.462. The number of methoxy groups -OCH3 is 1. The number of halogens is 3. The van der Waals surface area contributed by atoms with Crippen molar-refractivity contribution in [3.05, 3.63) is 18.2 Å². The van der Waals surface area contributed by atoms with Crippen molar-refractivity contribution < 1.29 is 27.4 Å². The van der Waals surface area contributed by atoms with Crippen LogP contribution in [0.1, 0.15) is 12.8 Å². The van der Waals surface area contributed by atoms with Crippen molar-refractivity contribution in [1.82, 2.24) is 0 Å². The highest BCUT2D eigenvalue weighted by atomic mass is 19.4. The summed E-state index contributed by atoms with van der Waals surface area (Å²) >= 11 is 0. The van der Waals surface area contributed by atoms with Crippen LogP contribution in [-0.4, -0.2) is 32.4 Å². The van der Waals surface area contributed by atoms with Crippen molar-refractivity contribution >= 4 is 17.3 Å². The minimum atomic E-state index is -4.21. The molecule has 0 saturated heterocycles. The van der Waals surface area contributed by atoms with E-state index in [4.69, 9.17) is 15.2 Å². The molecule has 0 fully saturated rings. The number of nitrogens with two attached hydrogens (primary N) is 1. The van der Waals surface area contributed by atoms with Crippen LogP contribution in [0.4, 0.5) is 24.5 Å². The number of alkyl halides is 3. The minimum Gasteiger partial charge on any atom is -0.495 e. The van der Waals surface area contributed by atoms with E-state index in [2.05, 4.69) is 5.32 Å². The molecule has 0 aliphatic carbocycles. The second-order valence-electron chi connectivity index (χ2n) is 4.28. The Morgan fingerprint density at radius 3 is 2.71 bits per heavy atom. The van der Waals surface area contributed by atoms with Crippen LogP contribution in [0.3, 0.4) is 0 Å². The SMILES string of the molecule is COc1ccc(N)cc1NC(=O)COCCCC(F)(F)F. The first kappa shape index (κ1) is 17.1. The standard InChI is InChI=1S/C13H17F3N2O3/c1-20-11-4-3-9(17)7-10(11)18-12(19)8-21-6-2-5-13(14,15)16/h3-4,7H,2,5-6,8,17H2,1H3,(H,18,19). The maximum Gasteiger partial charge on any atom is 0.389 e. The van der Waals surface area contributed by atoms with E-state index < -0.39 is 18.5 Å². The lowest BCUT2D eigenvalue weighted by Crippen LogP contribution is -2.19. The zero-order chi connectivity index (χ0) is 15.9. The Morgan fingerprint density at radius 1 is 1.38 bits per heavy atom. The molecule has 0 aliphatic heterocycles. The highest BCUT2D eigenvalue weighted by molar-refractivity contribution is 5.93. The van der Waals surface area contributed by atoms with Gasteiger partial charge in [0, 0.05) is 18.7 Å². The minimum absolute atomic E-state index is 0.138. The number of carbonyl (C=O) groups is 1. The van der Waals surface area contributed by atoms with Gasteiger partial charge in [0.05, 0.1) is 12.8 Å². The van der Waals surface area contributed by atoms with Gasteiger partial charge in [-0.1, -0.05) is 0 Å². The van der Waals surface area contributed by atoms with Gasteiger partial charge in [0.1, 0.15) is 12.4 Å². The first-order chi connectivity index (χ1) is 9.81. The van der Waals surface area contributed by atoms with Crippen molar-refractivity contribution in [2.45, 2.75) is 19.0 Å². The maximum atomic E-state index is 11.9. The van der Waals surface area contributed by atoms with Gasteiger partial charge in [-0.3, -0.25) is 4.79 Å². The van der Waals surface area contributed by atoms with Crippen LogP contribution < -0.4 is 15.8 Å². The third-order valence-corrected chi connectivity index (χ3v) is 2.48. The molecule has 8 heteroatoms. The molecule has 0 radical (unpaired) electrons. The van der Waals surface area contributed by atoms with Crippen LogP contribution in [0.15, 0.2) is 18.2 Å². The quantitative estimate of drug-likeness (QED) is 0.600. The number of anilines is 2. The van der Waals surface area contributed by atoms with Crippen LogP contribution in [0.5, 0.6) is 5.75 Å². The lowest BCUT2D eigenvalue weighted by atomic mass is 10.2. The second-order valence-corrected chi connectivity index (χ2v) is 4.28. The monoisotopic (exact) mass is 306 g/mol. The Labute approximate surface area is 120 Å². The van der Waals surface area contributed by atoms with Gasteiger partial charge in [-0.05, 0) is 24.6 Å². The van der Waals surface area contributed by atoms with E-state index in [0.717, 1.165) is 0 Å². The van der Waals surface area contributed by atoms with Gasteiger partial charge >= 0.3 is 6.18 Å². The largest absolute Gasteiger partial charge is 0.495 e. The predicted molar refractivity (Wildman–Crippen MR) is 72.1 cm³/mol. The number of nitrogen functional groups attached to an aromatic ring is 1. The molecule has 3 N–H and O–H groups in total. The Bertz CT molecular complexity index is 478. The molecule has 118 valence electrons. The van der Waals surface area contributed by atoms with E-state index in [-0.39, 0.29) is 19.6 Å². The molecule has 0 heterocycles. The summed E-state index contributed by atoms with van der Waals surface area (Å²) in [5, 5.41) is 2.52. The Kier molecular flexibility index (Phi) is 6.29. The van der Waals surface area contributed by atoms with Crippen LogP contribution in [-0.2, 0) is 9.53 Å². The molecule has 0 saturated carbocycles. The smallest absolute Gasteiger partial charge is 0.389 e. The number of amides is 1. The summed E-state index contributed by atoms with van der Waals surface area (Å²) in [4.78, 5) is 11.6. The summed E-state index contributed by atoms with van der Waals surface area (Å²) in [7, 11) is 1.44. The lowest BCUT2D eigenvalue weighted by Gasteiger charge is -2.11. The van der Waals surface area contributed by atoms with E-state index in [0.29, 0.717) is 17.1 Å². The second kappa shape index (κ2) is 7.72. The molecule has 0 atom stereocenters. The number of hydrogen-bond donors (Lipinski definition) is 2. The summed E-state index contributed by atoms with van der Waals surface area (Å²) in [6.07, 6.45) is -5.32. The van der Waals surface area contributed by atoms with Gasteiger partial charge < -0.3 is 20.5 Å². The molecule has 1 aromatic rings. The van der Waals surface area contributed by atoms with Crippen molar-refractivity contribution in [2.24, 2.45) is 0 Å². The molecule has 1 rings (SSSR count). The molecule has 0 unspecified atom stereocenters. The normalized spacial score (nSPS) is 11.2. The topological polar surface area (TPSA) is 73.6 Å². The number of carbonyl (C=O) groups excluding carboxylic acids is 1. The molecule has 0 aromatic heterocycles. The van der Waals surface area contributed by atoms with E-state index in [1.54, 1.807) is 12.1 Å². The molecule has 1 amide bonds.